The molecule has 5 rings (SSSR count). The number of anilines is 1. The third-order valence-electron chi connectivity index (χ3n) is 6.60. The summed E-state index contributed by atoms with van der Waals surface area (Å²) in [6.07, 6.45) is -2.95. The Morgan fingerprint density at radius 3 is 2.48 bits per heavy atom. The van der Waals surface area contributed by atoms with Gasteiger partial charge in [0.2, 0.25) is 0 Å². The predicted octanol–water partition coefficient (Wildman–Crippen LogP) is 1.50. The van der Waals surface area contributed by atoms with Crippen molar-refractivity contribution in [2.45, 2.75) is 37.8 Å². The number of benzene rings is 1. The summed E-state index contributed by atoms with van der Waals surface area (Å²) in [7, 11) is 1.22. The van der Waals surface area contributed by atoms with Gasteiger partial charge in [0.05, 0.1) is 18.1 Å². The van der Waals surface area contributed by atoms with E-state index in [4.69, 9.17) is 4.74 Å². The summed E-state index contributed by atoms with van der Waals surface area (Å²) in [5.74, 6) is -2.64. The van der Waals surface area contributed by atoms with Gasteiger partial charge in [0, 0.05) is 25.0 Å². The van der Waals surface area contributed by atoms with Gasteiger partial charge in [-0.3, -0.25) is 19.1 Å². The molecule has 0 spiro atoms. The van der Waals surface area contributed by atoms with Gasteiger partial charge >= 0.3 is 5.69 Å². The Kier molecular flexibility index (Phi) is 4.44. The van der Waals surface area contributed by atoms with E-state index < -0.39 is 46.5 Å². The molecule has 11 heteroatoms. The van der Waals surface area contributed by atoms with E-state index in [1.165, 1.54) is 16.6 Å². The van der Waals surface area contributed by atoms with E-state index in [-0.39, 0.29) is 54.2 Å². The molecule has 3 aliphatic rings. The Morgan fingerprint density at radius 2 is 1.90 bits per heavy atom. The van der Waals surface area contributed by atoms with Gasteiger partial charge in [-0.25, -0.2) is 18.0 Å². The highest BCUT2D eigenvalue weighted by molar-refractivity contribution is 5.95. The standard InChI is InChI=1S/C20H20F3N3O5/c1-31-17-14-12(19(29)24-20(30)26(14)8-2-3-8)11(18(22)23)13(21)15(17)25-5-7-4-10(27)16(28)9(7)6-25/h7-10,18,27H,2-6H2,1H3,(H,24,29,30). The van der Waals surface area contributed by atoms with E-state index in [1.54, 1.807) is 0 Å². The van der Waals surface area contributed by atoms with Crippen LogP contribution in [0.2, 0.25) is 0 Å². The number of aliphatic hydroxyl groups excluding tert-OH is 1. The Balaban J connectivity index is 1.81. The third kappa shape index (κ3) is 2.82. The lowest BCUT2D eigenvalue weighted by atomic mass is 10.0. The number of carbonyl (C=O) groups excluding carboxylic acids is 1. The van der Waals surface area contributed by atoms with Gasteiger partial charge in [-0.05, 0) is 25.2 Å². The van der Waals surface area contributed by atoms with E-state index in [1.807, 2.05) is 4.98 Å². The number of rotatable bonds is 4. The van der Waals surface area contributed by atoms with E-state index >= 15 is 4.39 Å². The van der Waals surface area contributed by atoms with Crippen LogP contribution in [0.25, 0.3) is 10.9 Å². The molecule has 3 unspecified atom stereocenters. The van der Waals surface area contributed by atoms with Gasteiger partial charge in [0.15, 0.2) is 17.3 Å². The lowest BCUT2D eigenvalue weighted by molar-refractivity contribution is -0.127. The van der Waals surface area contributed by atoms with Crippen LogP contribution in [0.3, 0.4) is 0 Å². The highest BCUT2D eigenvalue weighted by atomic mass is 19.3. The number of H-pyrrole nitrogens is 1. The zero-order chi connectivity index (χ0) is 22.2. The Labute approximate surface area is 173 Å². The average Bonchev–Trinajstić information content (AvgIpc) is 3.40. The first-order chi connectivity index (χ1) is 14.7. The van der Waals surface area contributed by atoms with Crippen molar-refractivity contribution in [3.8, 4) is 5.75 Å². The van der Waals surface area contributed by atoms with Gasteiger partial charge in [-0.15, -0.1) is 0 Å². The van der Waals surface area contributed by atoms with Crippen LogP contribution in [0.15, 0.2) is 9.59 Å². The number of nitrogens with zero attached hydrogens (tertiary/aromatic N) is 2. The predicted molar refractivity (Wildman–Crippen MR) is 103 cm³/mol. The Bertz CT molecular complexity index is 1220. The molecule has 1 aromatic heterocycles. The van der Waals surface area contributed by atoms with Gasteiger partial charge < -0.3 is 14.7 Å². The molecule has 1 saturated heterocycles. The fraction of sp³-hybridized carbons (Fsp3) is 0.550. The van der Waals surface area contributed by atoms with Crippen LogP contribution in [-0.4, -0.2) is 46.7 Å². The molecule has 2 saturated carbocycles. The molecule has 1 aromatic carbocycles. The topological polar surface area (TPSA) is 105 Å². The maximum Gasteiger partial charge on any atom is 0.329 e. The number of alkyl halides is 2. The fourth-order valence-corrected chi connectivity index (χ4v) is 5.10. The molecule has 2 aliphatic carbocycles. The number of carbonyl (C=O) groups is 1. The van der Waals surface area contributed by atoms with Crippen molar-refractivity contribution in [1.82, 2.24) is 9.55 Å². The molecule has 1 aliphatic heterocycles. The van der Waals surface area contributed by atoms with Crippen LogP contribution in [0.5, 0.6) is 5.75 Å². The van der Waals surface area contributed by atoms with Crippen LogP contribution in [0.4, 0.5) is 18.9 Å². The maximum atomic E-state index is 15.6. The molecular weight excluding hydrogens is 419 g/mol. The lowest BCUT2D eigenvalue weighted by Crippen LogP contribution is -2.33. The Hall–Kier alpha value is -2.82. The van der Waals surface area contributed by atoms with Crippen LogP contribution in [-0.2, 0) is 4.79 Å². The van der Waals surface area contributed by atoms with Crippen LogP contribution in [0, 0.1) is 17.7 Å². The third-order valence-corrected chi connectivity index (χ3v) is 6.60. The second-order valence-electron chi connectivity index (χ2n) is 8.42. The normalized spacial score (nSPS) is 25.7. The summed E-state index contributed by atoms with van der Waals surface area (Å²) in [6.45, 7) is 0.185. The van der Waals surface area contributed by atoms with Crippen LogP contribution >= 0.6 is 0 Å². The van der Waals surface area contributed by atoms with Gasteiger partial charge in [0.25, 0.3) is 12.0 Å². The van der Waals surface area contributed by atoms with Gasteiger partial charge in [-0.2, -0.15) is 0 Å². The summed E-state index contributed by atoms with van der Waals surface area (Å²) in [5.41, 5.74) is -3.42. The summed E-state index contributed by atoms with van der Waals surface area (Å²) >= 11 is 0. The van der Waals surface area contributed by atoms with Crippen molar-refractivity contribution in [1.29, 1.82) is 0 Å². The number of nitrogens with one attached hydrogen (secondary N) is 1. The molecule has 0 bridgehead atoms. The summed E-state index contributed by atoms with van der Waals surface area (Å²) < 4.78 is 50.2. The van der Waals surface area contributed by atoms with E-state index in [2.05, 4.69) is 0 Å². The maximum absolute atomic E-state index is 15.6. The zero-order valence-electron chi connectivity index (χ0n) is 16.5. The summed E-state index contributed by atoms with van der Waals surface area (Å²) in [6, 6.07) is -0.306. The quantitative estimate of drug-likeness (QED) is 0.748. The minimum atomic E-state index is -3.32. The average molecular weight is 439 g/mol. The van der Waals surface area contributed by atoms with Crippen molar-refractivity contribution in [3.63, 3.8) is 0 Å². The SMILES string of the molecule is COc1c(N2CC3CC(O)C(=O)C3C2)c(F)c(C(F)F)c2c(=O)[nH]c(=O)n(C3CC3)c12. The number of hydrogen-bond donors (Lipinski definition) is 2. The second kappa shape index (κ2) is 6.84. The molecule has 3 fully saturated rings. The van der Waals surface area contributed by atoms with Crippen molar-refractivity contribution in [3.05, 3.63) is 32.2 Å². The number of hydrogen-bond acceptors (Lipinski definition) is 6. The first kappa shape index (κ1) is 20.1. The largest absolute Gasteiger partial charge is 0.492 e. The van der Waals surface area contributed by atoms with Crippen molar-refractivity contribution in [2.24, 2.45) is 11.8 Å². The van der Waals surface area contributed by atoms with Crippen LogP contribution in [0.1, 0.15) is 37.3 Å². The molecule has 2 heterocycles. The molecule has 3 atom stereocenters. The molecule has 0 amide bonds. The minimum Gasteiger partial charge on any atom is -0.492 e. The number of Topliss-reactive ketones (excluding diaryl/α,β-unsaturated/α-hetero) is 1. The monoisotopic (exact) mass is 439 g/mol. The number of aliphatic hydroxyl groups is 1. The second-order valence-corrected chi connectivity index (χ2v) is 8.42. The number of fused-ring (bicyclic) bond motifs is 2. The van der Waals surface area contributed by atoms with Gasteiger partial charge in [-0.1, -0.05) is 0 Å². The van der Waals surface area contributed by atoms with E-state index in [9.17, 15) is 28.3 Å². The van der Waals surface area contributed by atoms with Gasteiger partial charge in [0.1, 0.15) is 17.3 Å². The highest BCUT2D eigenvalue weighted by Crippen LogP contribution is 2.48. The van der Waals surface area contributed by atoms with E-state index in [0.29, 0.717) is 12.8 Å². The number of aromatic amines is 1. The minimum absolute atomic E-state index is 0.0267. The number of ether oxygens (including phenoxy) is 1. The van der Waals surface area contributed by atoms with Crippen molar-refractivity contribution in [2.75, 3.05) is 25.1 Å². The molecule has 2 aromatic rings. The number of halogens is 3. The van der Waals surface area contributed by atoms with E-state index in [0.717, 1.165) is 0 Å². The molecular formula is C20H20F3N3O5. The summed E-state index contributed by atoms with van der Waals surface area (Å²) in [5, 5.41) is 9.19. The Morgan fingerprint density at radius 1 is 1.19 bits per heavy atom. The zero-order valence-corrected chi connectivity index (χ0v) is 16.5. The van der Waals surface area contributed by atoms with Crippen molar-refractivity contribution >= 4 is 22.4 Å². The number of methoxy groups -OCH3 is 1. The molecule has 31 heavy (non-hydrogen) atoms. The molecule has 166 valence electrons. The highest BCUT2D eigenvalue weighted by Gasteiger charge is 2.48. The lowest BCUT2D eigenvalue weighted by Gasteiger charge is -2.26. The van der Waals surface area contributed by atoms with Crippen LogP contribution < -0.4 is 20.9 Å². The molecule has 2 N–H and O–H groups in total. The summed E-state index contributed by atoms with van der Waals surface area (Å²) in [4.78, 5) is 40.7. The number of ketones is 1. The smallest absolute Gasteiger partial charge is 0.329 e. The molecule has 0 radical (unpaired) electrons. The first-order valence-electron chi connectivity index (χ1n) is 10.1. The molecule has 8 nitrogen and oxygen atoms in total. The first-order valence-corrected chi connectivity index (χ1v) is 10.1. The number of aromatic nitrogens is 2. The van der Waals surface area contributed by atoms with Crippen molar-refractivity contribution < 1.29 is 27.8 Å². The fourth-order valence-electron chi connectivity index (χ4n) is 5.10.